The zero-order valence-electron chi connectivity index (χ0n) is 13.0. The van der Waals surface area contributed by atoms with Crippen LogP contribution in [0.3, 0.4) is 0 Å². The standard InChI is InChI=1S/C16H13F4NO4S/c17-15(18)16(19,20)8-21-13(22)10-3-1-2-4-12(10)26-7-11-9(14(23)24)5-6-25-11/h1-6,15H,7-8H2,(H,21,22)(H,23,24). The molecule has 0 saturated heterocycles. The van der Waals surface area contributed by atoms with E-state index in [4.69, 9.17) is 9.52 Å². The molecule has 1 aromatic carbocycles. The maximum atomic E-state index is 12.9. The molecule has 1 heterocycles. The van der Waals surface area contributed by atoms with Gasteiger partial charge in [-0.05, 0) is 18.2 Å². The number of rotatable bonds is 8. The average molecular weight is 391 g/mol. The van der Waals surface area contributed by atoms with E-state index in [0.717, 1.165) is 11.8 Å². The molecule has 0 unspecified atom stereocenters. The number of alkyl halides is 4. The molecule has 0 spiro atoms. The van der Waals surface area contributed by atoms with Crippen molar-refractivity contribution in [2.24, 2.45) is 0 Å². The van der Waals surface area contributed by atoms with E-state index in [-0.39, 0.29) is 22.6 Å². The summed E-state index contributed by atoms with van der Waals surface area (Å²) < 4.78 is 55.3. The molecule has 0 saturated carbocycles. The fraction of sp³-hybridized carbons (Fsp3) is 0.250. The summed E-state index contributed by atoms with van der Waals surface area (Å²) in [5.74, 6) is -6.20. The van der Waals surface area contributed by atoms with Gasteiger partial charge in [-0.15, -0.1) is 11.8 Å². The Morgan fingerprint density at radius 1 is 1.19 bits per heavy atom. The van der Waals surface area contributed by atoms with Crippen LogP contribution in [0.25, 0.3) is 0 Å². The van der Waals surface area contributed by atoms with E-state index in [1.807, 2.05) is 0 Å². The monoisotopic (exact) mass is 391 g/mol. The lowest BCUT2D eigenvalue weighted by molar-refractivity contribution is -0.123. The number of furan rings is 1. The Bertz CT molecular complexity index is 794. The molecular formula is C16H13F4NO4S. The number of thioether (sulfide) groups is 1. The van der Waals surface area contributed by atoms with E-state index in [1.165, 1.54) is 30.5 Å². The molecule has 0 aliphatic rings. The molecule has 1 amide bonds. The average Bonchev–Trinajstić information content (AvgIpc) is 3.07. The summed E-state index contributed by atoms with van der Waals surface area (Å²) in [5, 5.41) is 10.8. The molecule has 0 aliphatic heterocycles. The summed E-state index contributed by atoms with van der Waals surface area (Å²) in [6.45, 7) is -1.50. The highest BCUT2D eigenvalue weighted by Gasteiger charge is 2.40. The predicted molar refractivity (Wildman–Crippen MR) is 85.0 cm³/mol. The third-order valence-corrected chi connectivity index (χ3v) is 4.34. The SMILES string of the molecule is O=C(NCC(F)(F)C(F)F)c1ccccc1SCc1occc1C(=O)O. The third kappa shape index (κ3) is 4.78. The number of hydrogen-bond acceptors (Lipinski definition) is 4. The minimum absolute atomic E-state index is 0.00555. The van der Waals surface area contributed by atoms with Crippen LogP contribution in [0.2, 0.25) is 0 Å². The molecule has 26 heavy (non-hydrogen) atoms. The number of carbonyl (C=O) groups is 2. The lowest BCUT2D eigenvalue weighted by Gasteiger charge is -2.16. The predicted octanol–water partition coefficient (Wildman–Crippen LogP) is 3.90. The summed E-state index contributed by atoms with van der Waals surface area (Å²) >= 11 is 1.05. The zero-order valence-corrected chi connectivity index (χ0v) is 13.9. The van der Waals surface area contributed by atoms with Gasteiger partial charge in [-0.2, -0.15) is 8.78 Å². The highest BCUT2D eigenvalue weighted by molar-refractivity contribution is 7.98. The number of nitrogens with one attached hydrogen (secondary N) is 1. The highest BCUT2D eigenvalue weighted by atomic mass is 32.2. The molecule has 0 atom stereocenters. The van der Waals surface area contributed by atoms with Gasteiger partial charge in [-0.25, -0.2) is 13.6 Å². The van der Waals surface area contributed by atoms with Crippen LogP contribution in [0, 0.1) is 0 Å². The maximum absolute atomic E-state index is 12.9. The molecule has 140 valence electrons. The van der Waals surface area contributed by atoms with Crippen LogP contribution in [0.5, 0.6) is 0 Å². The molecule has 2 rings (SSSR count). The molecule has 0 radical (unpaired) electrons. The van der Waals surface area contributed by atoms with Gasteiger partial charge in [0.05, 0.1) is 24.1 Å². The number of hydrogen-bond donors (Lipinski definition) is 2. The van der Waals surface area contributed by atoms with Crippen molar-refractivity contribution < 1.29 is 36.7 Å². The minimum atomic E-state index is -4.33. The first-order valence-electron chi connectivity index (χ1n) is 7.18. The van der Waals surface area contributed by atoms with E-state index in [0.29, 0.717) is 4.90 Å². The summed E-state index contributed by atoms with van der Waals surface area (Å²) in [5.41, 5.74) is -0.0259. The van der Waals surface area contributed by atoms with Crippen LogP contribution < -0.4 is 5.32 Å². The smallest absolute Gasteiger partial charge is 0.339 e. The van der Waals surface area contributed by atoms with Gasteiger partial charge in [0.1, 0.15) is 11.3 Å². The van der Waals surface area contributed by atoms with Crippen molar-refractivity contribution >= 4 is 23.6 Å². The second-order valence-corrected chi connectivity index (χ2v) is 6.11. The second-order valence-electron chi connectivity index (χ2n) is 5.09. The molecule has 0 bridgehead atoms. The van der Waals surface area contributed by atoms with Crippen LogP contribution in [-0.2, 0) is 5.75 Å². The number of carbonyl (C=O) groups excluding carboxylic acids is 1. The second kappa shape index (κ2) is 8.26. The number of amides is 1. The first-order valence-corrected chi connectivity index (χ1v) is 8.16. The van der Waals surface area contributed by atoms with E-state index in [1.54, 1.807) is 11.4 Å². The van der Waals surface area contributed by atoms with Gasteiger partial charge >= 0.3 is 18.3 Å². The number of halogens is 4. The Morgan fingerprint density at radius 3 is 2.54 bits per heavy atom. The number of carboxylic acids is 1. The Morgan fingerprint density at radius 2 is 1.88 bits per heavy atom. The number of aromatic carboxylic acids is 1. The van der Waals surface area contributed by atoms with Gasteiger partial charge < -0.3 is 14.8 Å². The van der Waals surface area contributed by atoms with Gasteiger partial charge in [0.2, 0.25) is 0 Å². The molecular weight excluding hydrogens is 378 g/mol. The quantitative estimate of drug-likeness (QED) is 0.527. The fourth-order valence-electron chi connectivity index (χ4n) is 1.94. The normalized spacial score (nSPS) is 11.6. The first kappa shape index (κ1) is 19.8. The largest absolute Gasteiger partial charge is 0.478 e. The topological polar surface area (TPSA) is 79.5 Å². The van der Waals surface area contributed by atoms with Crippen molar-refractivity contribution in [2.45, 2.75) is 23.0 Å². The van der Waals surface area contributed by atoms with Crippen molar-refractivity contribution in [2.75, 3.05) is 6.54 Å². The van der Waals surface area contributed by atoms with E-state index < -0.39 is 30.8 Å². The molecule has 0 fully saturated rings. The van der Waals surface area contributed by atoms with Crippen LogP contribution >= 0.6 is 11.8 Å². The van der Waals surface area contributed by atoms with E-state index in [2.05, 4.69) is 0 Å². The Balaban J connectivity index is 2.08. The van der Waals surface area contributed by atoms with Crippen molar-refractivity contribution in [3.8, 4) is 0 Å². The highest BCUT2D eigenvalue weighted by Crippen LogP contribution is 2.28. The fourth-order valence-corrected chi connectivity index (χ4v) is 2.94. The van der Waals surface area contributed by atoms with Gasteiger partial charge in [0, 0.05) is 4.90 Å². The van der Waals surface area contributed by atoms with Gasteiger partial charge in [0.15, 0.2) is 0 Å². The van der Waals surface area contributed by atoms with Crippen molar-refractivity contribution in [1.82, 2.24) is 5.32 Å². The molecule has 2 aromatic rings. The maximum Gasteiger partial charge on any atom is 0.339 e. The number of benzene rings is 1. The van der Waals surface area contributed by atoms with E-state index >= 15 is 0 Å². The molecule has 10 heteroatoms. The van der Waals surface area contributed by atoms with Gasteiger partial charge in [-0.3, -0.25) is 4.79 Å². The third-order valence-electron chi connectivity index (χ3n) is 3.27. The lowest BCUT2D eigenvalue weighted by Crippen LogP contribution is -2.41. The Labute approximate surface area is 149 Å². The zero-order chi connectivity index (χ0) is 19.3. The number of carboxylic acid groups (broad SMARTS) is 1. The Hall–Kier alpha value is -2.49. The molecule has 2 N–H and O–H groups in total. The van der Waals surface area contributed by atoms with Crippen molar-refractivity contribution in [3.63, 3.8) is 0 Å². The molecule has 0 aliphatic carbocycles. The molecule has 5 nitrogen and oxygen atoms in total. The van der Waals surface area contributed by atoms with Crippen molar-refractivity contribution in [3.05, 3.63) is 53.5 Å². The summed E-state index contributed by atoms with van der Waals surface area (Å²) in [6, 6.07) is 7.23. The van der Waals surface area contributed by atoms with E-state index in [9.17, 15) is 27.2 Å². The summed E-state index contributed by atoms with van der Waals surface area (Å²) in [6.07, 6.45) is -2.68. The first-order chi connectivity index (χ1) is 12.2. The van der Waals surface area contributed by atoms with Gasteiger partial charge in [-0.1, -0.05) is 12.1 Å². The Kier molecular flexibility index (Phi) is 6.30. The van der Waals surface area contributed by atoms with Crippen molar-refractivity contribution in [1.29, 1.82) is 0 Å². The van der Waals surface area contributed by atoms with Crippen LogP contribution in [0.15, 0.2) is 45.9 Å². The minimum Gasteiger partial charge on any atom is -0.478 e. The lowest BCUT2D eigenvalue weighted by atomic mass is 10.2. The molecule has 1 aromatic heterocycles. The summed E-state index contributed by atoms with van der Waals surface area (Å²) in [7, 11) is 0. The van der Waals surface area contributed by atoms with Crippen LogP contribution in [0.4, 0.5) is 17.6 Å². The van der Waals surface area contributed by atoms with Crippen LogP contribution in [-0.4, -0.2) is 35.9 Å². The van der Waals surface area contributed by atoms with Crippen LogP contribution in [0.1, 0.15) is 26.5 Å². The van der Waals surface area contributed by atoms with Gasteiger partial charge in [0.25, 0.3) is 5.91 Å². The summed E-state index contributed by atoms with van der Waals surface area (Å²) in [4.78, 5) is 23.4.